The van der Waals surface area contributed by atoms with E-state index < -0.39 is 0 Å². The van der Waals surface area contributed by atoms with Gasteiger partial charge in [-0.3, -0.25) is 4.79 Å². The molecule has 1 aromatic heterocycles. The molecule has 0 aliphatic carbocycles. The SMILES string of the molecule is CC(C)Cn1ccnc(Nc2ccc3c(c2)OCCO3)c1=O. The zero-order valence-electron chi connectivity index (χ0n) is 12.7. The lowest BCUT2D eigenvalue weighted by Crippen LogP contribution is -2.25. The Balaban J connectivity index is 1.85. The van der Waals surface area contributed by atoms with Crippen molar-refractivity contribution in [2.24, 2.45) is 5.92 Å². The Hall–Kier alpha value is -2.50. The number of hydrogen-bond donors (Lipinski definition) is 1. The number of rotatable bonds is 4. The zero-order chi connectivity index (χ0) is 15.5. The lowest BCUT2D eigenvalue weighted by atomic mass is 10.2. The van der Waals surface area contributed by atoms with Crippen LogP contribution in [0.5, 0.6) is 11.5 Å². The maximum absolute atomic E-state index is 12.4. The van der Waals surface area contributed by atoms with Crippen LogP contribution in [0.25, 0.3) is 0 Å². The molecule has 6 heteroatoms. The predicted molar refractivity (Wildman–Crippen MR) is 84.0 cm³/mol. The van der Waals surface area contributed by atoms with Crippen LogP contribution in [-0.4, -0.2) is 22.8 Å². The van der Waals surface area contributed by atoms with Crippen LogP contribution in [0.3, 0.4) is 0 Å². The number of aromatic nitrogens is 2. The number of nitrogens with one attached hydrogen (secondary N) is 1. The third-order valence-corrected chi connectivity index (χ3v) is 3.28. The molecule has 0 amide bonds. The fourth-order valence-electron chi connectivity index (χ4n) is 2.33. The van der Waals surface area contributed by atoms with Gasteiger partial charge in [0.05, 0.1) is 0 Å². The van der Waals surface area contributed by atoms with Gasteiger partial charge >= 0.3 is 0 Å². The molecule has 6 nitrogen and oxygen atoms in total. The van der Waals surface area contributed by atoms with Gasteiger partial charge in [0.1, 0.15) is 13.2 Å². The number of ether oxygens (including phenoxy) is 2. The summed E-state index contributed by atoms with van der Waals surface area (Å²) in [6.07, 6.45) is 3.33. The number of anilines is 2. The Kier molecular flexibility index (Phi) is 4.00. The molecule has 0 fully saturated rings. The van der Waals surface area contributed by atoms with Crippen LogP contribution >= 0.6 is 0 Å². The van der Waals surface area contributed by atoms with E-state index in [1.165, 1.54) is 0 Å². The normalized spacial score (nSPS) is 13.2. The number of benzene rings is 1. The summed E-state index contributed by atoms with van der Waals surface area (Å²) in [5.41, 5.74) is 0.613. The largest absolute Gasteiger partial charge is 0.486 e. The molecule has 2 aromatic rings. The van der Waals surface area contributed by atoms with Gasteiger partial charge in [-0.25, -0.2) is 4.98 Å². The summed E-state index contributed by atoms with van der Waals surface area (Å²) in [5.74, 6) is 2.09. The lowest BCUT2D eigenvalue weighted by Gasteiger charge is -2.19. The summed E-state index contributed by atoms with van der Waals surface area (Å²) >= 11 is 0. The first-order valence-electron chi connectivity index (χ1n) is 7.35. The van der Waals surface area contributed by atoms with Crippen molar-refractivity contribution in [2.45, 2.75) is 20.4 Å². The molecule has 0 atom stereocenters. The summed E-state index contributed by atoms with van der Waals surface area (Å²) in [4.78, 5) is 16.5. The Labute approximate surface area is 128 Å². The van der Waals surface area contributed by atoms with E-state index in [0.717, 1.165) is 11.4 Å². The van der Waals surface area contributed by atoms with Gasteiger partial charge in [0.25, 0.3) is 5.56 Å². The van der Waals surface area contributed by atoms with Gasteiger partial charge in [-0.15, -0.1) is 0 Å². The van der Waals surface area contributed by atoms with Crippen molar-refractivity contribution >= 4 is 11.5 Å². The quantitative estimate of drug-likeness (QED) is 0.939. The zero-order valence-corrected chi connectivity index (χ0v) is 12.7. The van der Waals surface area contributed by atoms with E-state index in [2.05, 4.69) is 24.1 Å². The minimum absolute atomic E-state index is 0.133. The van der Waals surface area contributed by atoms with Gasteiger partial charge in [0.2, 0.25) is 0 Å². The van der Waals surface area contributed by atoms with E-state index in [9.17, 15) is 4.79 Å². The minimum atomic E-state index is -0.133. The van der Waals surface area contributed by atoms with Crippen molar-refractivity contribution in [3.8, 4) is 11.5 Å². The molecule has 22 heavy (non-hydrogen) atoms. The van der Waals surface area contributed by atoms with Crippen molar-refractivity contribution < 1.29 is 9.47 Å². The summed E-state index contributed by atoms with van der Waals surface area (Å²) in [7, 11) is 0. The second-order valence-corrected chi connectivity index (χ2v) is 5.61. The summed E-state index contributed by atoms with van der Waals surface area (Å²) in [6.45, 7) is 5.89. The summed E-state index contributed by atoms with van der Waals surface area (Å²) in [5, 5.41) is 3.06. The Morgan fingerprint density at radius 2 is 2.05 bits per heavy atom. The number of fused-ring (bicyclic) bond motifs is 1. The van der Waals surface area contributed by atoms with E-state index in [1.54, 1.807) is 17.0 Å². The molecular weight excluding hydrogens is 282 g/mol. The molecule has 1 aliphatic rings. The van der Waals surface area contributed by atoms with Crippen LogP contribution in [0.4, 0.5) is 11.5 Å². The molecule has 0 unspecified atom stereocenters. The minimum Gasteiger partial charge on any atom is -0.486 e. The van der Waals surface area contributed by atoms with Crippen molar-refractivity contribution in [1.82, 2.24) is 9.55 Å². The maximum atomic E-state index is 12.4. The van der Waals surface area contributed by atoms with Gasteiger partial charge in [0, 0.05) is 30.7 Å². The maximum Gasteiger partial charge on any atom is 0.293 e. The van der Waals surface area contributed by atoms with Crippen molar-refractivity contribution in [3.63, 3.8) is 0 Å². The first-order valence-corrected chi connectivity index (χ1v) is 7.35. The molecule has 0 bridgehead atoms. The molecule has 3 rings (SSSR count). The van der Waals surface area contributed by atoms with Crippen LogP contribution in [0, 0.1) is 5.92 Å². The van der Waals surface area contributed by atoms with Gasteiger partial charge < -0.3 is 19.4 Å². The highest BCUT2D eigenvalue weighted by molar-refractivity contribution is 5.61. The van der Waals surface area contributed by atoms with Gasteiger partial charge in [-0.2, -0.15) is 0 Å². The third kappa shape index (κ3) is 3.05. The van der Waals surface area contributed by atoms with Crippen LogP contribution < -0.4 is 20.3 Å². The molecular formula is C16H19N3O3. The average Bonchev–Trinajstić information content (AvgIpc) is 2.51. The highest BCUT2D eigenvalue weighted by atomic mass is 16.6. The van der Waals surface area contributed by atoms with Crippen LogP contribution in [0.2, 0.25) is 0 Å². The van der Waals surface area contributed by atoms with Crippen LogP contribution in [-0.2, 0) is 6.54 Å². The van der Waals surface area contributed by atoms with E-state index in [1.807, 2.05) is 18.2 Å². The fourth-order valence-corrected chi connectivity index (χ4v) is 2.33. The van der Waals surface area contributed by atoms with Crippen molar-refractivity contribution in [3.05, 3.63) is 40.9 Å². The molecule has 116 valence electrons. The monoisotopic (exact) mass is 301 g/mol. The summed E-state index contributed by atoms with van der Waals surface area (Å²) in [6, 6.07) is 5.48. The highest BCUT2D eigenvalue weighted by Crippen LogP contribution is 2.33. The standard InChI is InChI=1S/C16H19N3O3/c1-11(2)10-19-6-5-17-15(16(19)20)18-12-3-4-13-14(9-12)22-8-7-21-13/h3-6,9,11H,7-8,10H2,1-2H3,(H,17,18). The van der Waals surface area contributed by atoms with Crippen molar-refractivity contribution in [2.75, 3.05) is 18.5 Å². The highest BCUT2D eigenvalue weighted by Gasteiger charge is 2.13. The number of nitrogens with zero attached hydrogens (tertiary/aromatic N) is 2. The van der Waals surface area contributed by atoms with Gasteiger partial charge in [0.15, 0.2) is 17.3 Å². The van der Waals surface area contributed by atoms with E-state index in [4.69, 9.17) is 9.47 Å². The van der Waals surface area contributed by atoms with E-state index in [0.29, 0.717) is 37.2 Å². The average molecular weight is 301 g/mol. The van der Waals surface area contributed by atoms with E-state index in [-0.39, 0.29) is 5.56 Å². The van der Waals surface area contributed by atoms with Crippen molar-refractivity contribution in [1.29, 1.82) is 0 Å². The topological polar surface area (TPSA) is 65.4 Å². The molecule has 1 aromatic carbocycles. The Morgan fingerprint density at radius 1 is 1.27 bits per heavy atom. The Morgan fingerprint density at radius 3 is 2.82 bits per heavy atom. The molecule has 1 N–H and O–H groups in total. The predicted octanol–water partition coefficient (Wildman–Crippen LogP) is 2.41. The fraction of sp³-hybridized carbons (Fsp3) is 0.375. The first kappa shape index (κ1) is 14.4. The van der Waals surface area contributed by atoms with Crippen LogP contribution in [0.1, 0.15) is 13.8 Å². The van der Waals surface area contributed by atoms with Gasteiger partial charge in [-0.05, 0) is 18.1 Å². The summed E-state index contributed by atoms with van der Waals surface area (Å²) < 4.78 is 12.7. The molecule has 2 heterocycles. The van der Waals surface area contributed by atoms with E-state index >= 15 is 0 Å². The molecule has 1 aliphatic heterocycles. The lowest BCUT2D eigenvalue weighted by molar-refractivity contribution is 0.171. The third-order valence-electron chi connectivity index (χ3n) is 3.28. The van der Waals surface area contributed by atoms with Gasteiger partial charge in [-0.1, -0.05) is 13.8 Å². The number of hydrogen-bond acceptors (Lipinski definition) is 5. The molecule has 0 saturated carbocycles. The molecule has 0 spiro atoms. The smallest absolute Gasteiger partial charge is 0.293 e. The second-order valence-electron chi connectivity index (χ2n) is 5.61. The first-order chi connectivity index (χ1) is 10.6. The molecule has 0 saturated heterocycles. The molecule has 0 radical (unpaired) electrons. The second kappa shape index (κ2) is 6.09. The van der Waals surface area contributed by atoms with Crippen LogP contribution in [0.15, 0.2) is 35.4 Å². The Bertz CT molecular complexity index is 725.